The molecule has 3 unspecified atom stereocenters. The van der Waals surface area contributed by atoms with E-state index in [0.29, 0.717) is 18.3 Å². The lowest BCUT2D eigenvalue weighted by Gasteiger charge is -2.33. The Morgan fingerprint density at radius 3 is 2.91 bits per heavy atom. The van der Waals surface area contributed by atoms with Crippen LogP contribution in [0.4, 0.5) is 0 Å². The van der Waals surface area contributed by atoms with Gasteiger partial charge in [0.15, 0.2) is 0 Å². The normalized spacial score (nSPS) is 26.8. The Balaban J connectivity index is 1.55. The minimum Gasteiger partial charge on any atom is -0.481 e. The number of carboxylic acid groups (broad SMARTS) is 1. The lowest BCUT2D eigenvalue weighted by molar-refractivity contribution is -0.137. The minimum atomic E-state index is -0.745. The molecule has 1 saturated heterocycles. The molecule has 2 fully saturated rings. The van der Waals surface area contributed by atoms with Crippen molar-refractivity contribution in [3.63, 3.8) is 0 Å². The van der Waals surface area contributed by atoms with Crippen LogP contribution in [0.3, 0.4) is 0 Å². The van der Waals surface area contributed by atoms with Gasteiger partial charge in [0.05, 0.1) is 0 Å². The van der Waals surface area contributed by atoms with Crippen molar-refractivity contribution in [2.24, 2.45) is 11.8 Å². The molecule has 0 aromatic heterocycles. The zero-order valence-electron chi connectivity index (χ0n) is 13.1. The molecule has 1 aromatic rings. The first-order valence-electron chi connectivity index (χ1n) is 8.30. The predicted octanol–water partition coefficient (Wildman–Crippen LogP) is 3.66. The second kappa shape index (κ2) is 7.04. The number of likely N-dealkylation sites (tertiary alicyclic amines) is 1. The molecule has 5 heteroatoms. The van der Waals surface area contributed by atoms with E-state index in [2.05, 4.69) is 28.1 Å². The van der Waals surface area contributed by atoms with Gasteiger partial charge in [0.25, 0.3) is 0 Å². The van der Waals surface area contributed by atoms with Gasteiger partial charge in [-0.05, 0) is 55.2 Å². The molecule has 23 heavy (non-hydrogen) atoms. The number of nitrogens with zero attached hydrogens (tertiary/aromatic N) is 1. The standard InChI is InChI=1S/C18H22BrNO3/c19-14-5-1-4-13(9-14)15-10-16(15)18(23)20-8-2-3-12(11-20)6-7-17(21)22/h1,4-5,9,12,15-16H,2-3,6-8,10-11H2,(H,21,22). The molecule has 1 aromatic carbocycles. The predicted molar refractivity (Wildman–Crippen MR) is 91.2 cm³/mol. The number of carboxylic acids is 1. The topological polar surface area (TPSA) is 57.6 Å². The maximum absolute atomic E-state index is 12.7. The van der Waals surface area contributed by atoms with Crippen LogP contribution in [0.15, 0.2) is 28.7 Å². The maximum Gasteiger partial charge on any atom is 0.303 e. The first kappa shape index (κ1) is 16.5. The van der Waals surface area contributed by atoms with Crippen molar-refractivity contribution in [3.05, 3.63) is 34.3 Å². The third kappa shape index (κ3) is 4.14. The van der Waals surface area contributed by atoms with E-state index in [4.69, 9.17) is 5.11 Å². The first-order chi connectivity index (χ1) is 11.0. The van der Waals surface area contributed by atoms with Crippen molar-refractivity contribution in [2.45, 2.75) is 38.0 Å². The molecule has 124 valence electrons. The SMILES string of the molecule is O=C(O)CCC1CCCN(C(=O)C2CC2c2cccc(Br)c2)C1. The second-order valence-electron chi connectivity index (χ2n) is 6.73. The van der Waals surface area contributed by atoms with E-state index in [1.165, 1.54) is 5.56 Å². The van der Waals surface area contributed by atoms with Crippen LogP contribution < -0.4 is 0 Å². The molecular weight excluding hydrogens is 358 g/mol. The number of hydrogen-bond acceptors (Lipinski definition) is 2. The van der Waals surface area contributed by atoms with Crippen molar-refractivity contribution in [2.75, 3.05) is 13.1 Å². The smallest absolute Gasteiger partial charge is 0.303 e. The minimum absolute atomic E-state index is 0.113. The zero-order valence-corrected chi connectivity index (χ0v) is 14.7. The fourth-order valence-corrected chi connectivity index (χ4v) is 4.05. The molecule has 1 heterocycles. The largest absolute Gasteiger partial charge is 0.481 e. The zero-order chi connectivity index (χ0) is 16.4. The van der Waals surface area contributed by atoms with E-state index in [1.54, 1.807) is 0 Å². The van der Waals surface area contributed by atoms with E-state index in [-0.39, 0.29) is 18.2 Å². The number of halogens is 1. The van der Waals surface area contributed by atoms with Gasteiger partial charge in [-0.3, -0.25) is 9.59 Å². The van der Waals surface area contributed by atoms with Gasteiger partial charge in [0.2, 0.25) is 5.91 Å². The number of carbonyl (C=O) groups excluding carboxylic acids is 1. The third-order valence-corrected chi connectivity index (χ3v) is 5.47. The van der Waals surface area contributed by atoms with Crippen LogP contribution in [0.2, 0.25) is 0 Å². The lowest BCUT2D eigenvalue weighted by Crippen LogP contribution is -2.41. The molecule has 1 amide bonds. The molecule has 1 aliphatic heterocycles. The van der Waals surface area contributed by atoms with Crippen LogP contribution in [-0.2, 0) is 9.59 Å². The second-order valence-corrected chi connectivity index (χ2v) is 7.64. The number of benzene rings is 1. The monoisotopic (exact) mass is 379 g/mol. The highest BCUT2D eigenvalue weighted by Gasteiger charge is 2.46. The van der Waals surface area contributed by atoms with Gasteiger partial charge in [-0.2, -0.15) is 0 Å². The van der Waals surface area contributed by atoms with Crippen LogP contribution in [0, 0.1) is 11.8 Å². The van der Waals surface area contributed by atoms with Crippen molar-refractivity contribution in [3.8, 4) is 0 Å². The van der Waals surface area contributed by atoms with Gasteiger partial charge < -0.3 is 10.0 Å². The fraction of sp³-hybridized carbons (Fsp3) is 0.556. The molecule has 0 spiro atoms. The van der Waals surface area contributed by atoms with Gasteiger partial charge >= 0.3 is 5.97 Å². The van der Waals surface area contributed by atoms with Gasteiger partial charge in [-0.15, -0.1) is 0 Å². The molecule has 1 saturated carbocycles. The molecule has 1 aliphatic carbocycles. The Morgan fingerprint density at radius 2 is 2.17 bits per heavy atom. The summed E-state index contributed by atoms with van der Waals surface area (Å²) < 4.78 is 1.06. The molecular formula is C18H22BrNO3. The van der Waals surface area contributed by atoms with E-state index >= 15 is 0 Å². The third-order valence-electron chi connectivity index (χ3n) is 4.98. The van der Waals surface area contributed by atoms with Crippen LogP contribution in [0.1, 0.15) is 43.6 Å². The molecule has 2 aliphatic rings. The molecule has 0 radical (unpaired) electrons. The van der Waals surface area contributed by atoms with E-state index in [0.717, 1.165) is 36.8 Å². The van der Waals surface area contributed by atoms with E-state index in [1.807, 2.05) is 17.0 Å². The summed E-state index contributed by atoms with van der Waals surface area (Å²) in [7, 11) is 0. The van der Waals surface area contributed by atoms with Crippen molar-refractivity contribution < 1.29 is 14.7 Å². The number of rotatable bonds is 5. The maximum atomic E-state index is 12.7. The Kier molecular flexibility index (Phi) is 5.05. The summed E-state index contributed by atoms with van der Waals surface area (Å²) >= 11 is 3.49. The summed E-state index contributed by atoms with van der Waals surface area (Å²) in [4.78, 5) is 25.4. The first-order valence-corrected chi connectivity index (χ1v) is 9.10. The van der Waals surface area contributed by atoms with Gasteiger partial charge in [-0.1, -0.05) is 28.1 Å². The van der Waals surface area contributed by atoms with Gasteiger partial charge in [0, 0.05) is 29.9 Å². The quantitative estimate of drug-likeness (QED) is 0.848. The van der Waals surface area contributed by atoms with Gasteiger partial charge in [-0.25, -0.2) is 0 Å². The van der Waals surface area contributed by atoms with E-state index < -0.39 is 5.97 Å². The Morgan fingerprint density at radius 1 is 1.35 bits per heavy atom. The summed E-state index contributed by atoms with van der Waals surface area (Å²) in [5.74, 6) is 0.314. The molecule has 3 rings (SSSR count). The van der Waals surface area contributed by atoms with Crippen molar-refractivity contribution >= 4 is 27.8 Å². The molecule has 0 bridgehead atoms. The highest BCUT2D eigenvalue weighted by Crippen LogP contribution is 2.49. The Labute approximate surface area is 145 Å². The van der Waals surface area contributed by atoms with Crippen LogP contribution in [-0.4, -0.2) is 35.0 Å². The molecule has 3 atom stereocenters. The Bertz CT molecular complexity index is 604. The highest BCUT2D eigenvalue weighted by atomic mass is 79.9. The van der Waals surface area contributed by atoms with Gasteiger partial charge in [0.1, 0.15) is 0 Å². The average molecular weight is 380 g/mol. The van der Waals surface area contributed by atoms with Crippen molar-refractivity contribution in [1.29, 1.82) is 0 Å². The van der Waals surface area contributed by atoms with Crippen LogP contribution in [0.25, 0.3) is 0 Å². The summed E-state index contributed by atoms with van der Waals surface area (Å²) in [6.07, 6.45) is 3.85. The number of piperidine rings is 1. The molecule has 1 N–H and O–H groups in total. The van der Waals surface area contributed by atoms with E-state index in [9.17, 15) is 9.59 Å². The van der Waals surface area contributed by atoms with Crippen LogP contribution >= 0.6 is 15.9 Å². The summed E-state index contributed by atoms with van der Waals surface area (Å²) in [5.41, 5.74) is 1.23. The van der Waals surface area contributed by atoms with Crippen molar-refractivity contribution in [1.82, 2.24) is 4.90 Å². The Hall–Kier alpha value is -1.36. The number of amides is 1. The highest BCUT2D eigenvalue weighted by molar-refractivity contribution is 9.10. The summed E-state index contributed by atoms with van der Waals surface area (Å²) in [5, 5.41) is 8.82. The summed E-state index contributed by atoms with van der Waals surface area (Å²) in [6, 6.07) is 8.21. The average Bonchev–Trinajstić information content (AvgIpc) is 3.33. The summed E-state index contributed by atoms with van der Waals surface area (Å²) in [6.45, 7) is 1.55. The lowest BCUT2D eigenvalue weighted by atomic mass is 9.93. The number of aliphatic carboxylic acids is 1. The van der Waals surface area contributed by atoms with Crippen LogP contribution in [0.5, 0.6) is 0 Å². The fourth-order valence-electron chi connectivity index (χ4n) is 3.64. The molecule has 4 nitrogen and oxygen atoms in total. The number of hydrogen-bond donors (Lipinski definition) is 1. The number of carbonyl (C=O) groups is 2.